The maximum atomic E-state index is 13.9. The van der Waals surface area contributed by atoms with E-state index in [4.69, 9.17) is 4.74 Å². The highest BCUT2D eigenvalue weighted by Crippen LogP contribution is 2.28. The van der Waals surface area contributed by atoms with Crippen molar-refractivity contribution in [1.29, 1.82) is 0 Å². The number of hydrogen-bond acceptors (Lipinski definition) is 7. The Labute approximate surface area is 174 Å². The highest BCUT2D eigenvalue weighted by atomic mass is 32.2. The van der Waals surface area contributed by atoms with Gasteiger partial charge in [-0.25, -0.2) is 19.2 Å². The van der Waals surface area contributed by atoms with Crippen molar-refractivity contribution >= 4 is 29.1 Å². The highest BCUT2D eigenvalue weighted by Gasteiger charge is 2.12. The van der Waals surface area contributed by atoms with Crippen molar-refractivity contribution in [3.8, 4) is 22.0 Å². The molecule has 0 spiro atoms. The predicted octanol–water partition coefficient (Wildman–Crippen LogP) is 4.81. The largest absolute Gasteiger partial charge is 0.465 e. The summed E-state index contributed by atoms with van der Waals surface area (Å²) < 4.78 is 18.6. The molecule has 0 bridgehead atoms. The van der Waals surface area contributed by atoms with E-state index in [-0.39, 0.29) is 11.8 Å². The quantitative estimate of drug-likeness (QED) is 0.352. The van der Waals surface area contributed by atoms with E-state index >= 15 is 0 Å². The minimum Gasteiger partial charge on any atom is -0.465 e. The molecule has 0 atom stereocenters. The van der Waals surface area contributed by atoms with Gasteiger partial charge in [-0.3, -0.25) is 5.10 Å². The second kappa shape index (κ2) is 8.54. The maximum Gasteiger partial charge on any atom is 0.337 e. The zero-order valence-corrected chi connectivity index (χ0v) is 16.9. The van der Waals surface area contributed by atoms with Gasteiger partial charge in [-0.1, -0.05) is 36.0 Å². The number of carbonyl (C=O) groups is 1. The van der Waals surface area contributed by atoms with Gasteiger partial charge in [0.15, 0.2) is 5.82 Å². The molecule has 1 N–H and O–H groups in total. The van der Waals surface area contributed by atoms with Crippen LogP contribution in [0.1, 0.15) is 16.1 Å². The smallest absolute Gasteiger partial charge is 0.337 e. The zero-order valence-electron chi connectivity index (χ0n) is 15.3. The number of thioether (sulfide) groups is 1. The summed E-state index contributed by atoms with van der Waals surface area (Å²) in [5.41, 5.74) is 2.71. The Morgan fingerprint density at radius 2 is 1.97 bits per heavy atom. The predicted molar refractivity (Wildman–Crippen MR) is 110 cm³/mol. The molecule has 0 saturated carbocycles. The molecule has 0 unspecified atom stereocenters. The van der Waals surface area contributed by atoms with Crippen LogP contribution in [0.15, 0.2) is 59.1 Å². The van der Waals surface area contributed by atoms with Crippen LogP contribution in [-0.4, -0.2) is 33.2 Å². The molecule has 0 aliphatic heterocycles. The fourth-order valence-corrected chi connectivity index (χ4v) is 4.22. The number of carbonyl (C=O) groups excluding carboxylic acids is 1. The second-order valence-electron chi connectivity index (χ2n) is 5.95. The van der Waals surface area contributed by atoms with Crippen molar-refractivity contribution in [3.05, 3.63) is 71.0 Å². The number of methoxy groups -OCH3 is 1. The fraction of sp³-hybridized carbons (Fsp3) is 0.100. The van der Waals surface area contributed by atoms with Gasteiger partial charge in [-0.05, 0) is 24.3 Å². The van der Waals surface area contributed by atoms with Crippen LogP contribution in [0.5, 0.6) is 0 Å². The van der Waals surface area contributed by atoms with Crippen LogP contribution in [0.2, 0.25) is 0 Å². The fourth-order valence-electron chi connectivity index (χ4n) is 2.60. The van der Waals surface area contributed by atoms with E-state index in [2.05, 4.69) is 20.2 Å². The van der Waals surface area contributed by atoms with Crippen LogP contribution in [0.3, 0.4) is 0 Å². The molecule has 0 radical (unpaired) electrons. The minimum atomic E-state index is -0.367. The normalized spacial score (nSPS) is 10.8. The molecule has 0 aliphatic carbocycles. The number of aromatic amines is 1. The summed E-state index contributed by atoms with van der Waals surface area (Å²) in [6, 6.07) is 13.6. The zero-order chi connectivity index (χ0) is 20.2. The second-order valence-corrected chi connectivity index (χ2v) is 7.75. The first-order chi connectivity index (χ1) is 14.1. The Bertz CT molecular complexity index is 1140. The van der Waals surface area contributed by atoms with Crippen LogP contribution >= 0.6 is 23.1 Å². The van der Waals surface area contributed by atoms with Crippen molar-refractivity contribution < 1.29 is 13.9 Å². The van der Waals surface area contributed by atoms with Crippen molar-refractivity contribution in [3.63, 3.8) is 0 Å². The number of ether oxygens (including phenoxy) is 1. The Balaban J connectivity index is 1.41. The van der Waals surface area contributed by atoms with Gasteiger partial charge in [-0.2, -0.15) is 0 Å². The van der Waals surface area contributed by atoms with E-state index in [1.165, 1.54) is 36.3 Å². The number of H-pyrrole nitrogens is 1. The van der Waals surface area contributed by atoms with Crippen LogP contribution in [0, 0.1) is 5.82 Å². The lowest BCUT2D eigenvalue weighted by Crippen LogP contribution is -2.00. The van der Waals surface area contributed by atoms with Gasteiger partial charge in [0.2, 0.25) is 5.16 Å². The van der Waals surface area contributed by atoms with E-state index in [0.717, 1.165) is 16.3 Å². The monoisotopic (exact) mass is 426 g/mol. The number of esters is 1. The van der Waals surface area contributed by atoms with Crippen molar-refractivity contribution in [1.82, 2.24) is 20.2 Å². The highest BCUT2D eigenvalue weighted by molar-refractivity contribution is 7.98. The molecule has 0 amide bonds. The Kier molecular flexibility index (Phi) is 5.68. The number of aromatic nitrogens is 4. The van der Waals surface area contributed by atoms with Crippen LogP contribution < -0.4 is 0 Å². The first kappa shape index (κ1) is 19.3. The molecular weight excluding hydrogens is 411 g/mol. The molecule has 146 valence electrons. The summed E-state index contributed by atoms with van der Waals surface area (Å²) in [5.74, 6) is 0.276. The molecule has 4 aromatic rings. The van der Waals surface area contributed by atoms with Gasteiger partial charge in [0.1, 0.15) is 10.8 Å². The van der Waals surface area contributed by atoms with Crippen LogP contribution in [-0.2, 0) is 10.5 Å². The summed E-state index contributed by atoms with van der Waals surface area (Å²) in [7, 11) is 1.36. The topological polar surface area (TPSA) is 80.8 Å². The molecule has 2 aromatic carbocycles. The third-order valence-electron chi connectivity index (χ3n) is 4.05. The van der Waals surface area contributed by atoms with Gasteiger partial charge in [0.05, 0.1) is 23.9 Å². The number of thiazole rings is 1. The maximum absolute atomic E-state index is 13.9. The summed E-state index contributed by atoms with van der Waals surface area (Å²) >= 11 is 2.94. The third kappa shape index (κ3) is 4.36. The number of halogens is 1. The molecule has 29 heavy (non-hydrogen) atoms. The van der Waals surface area contributed by atoms with E-state index in [9.17, 15) is 9.18 Å². The SMILES string of the molecule is COC(=O)c1ccc(-c2nc(CSc3n[nH]c(-c4ccccc4F)n3)cs2)cc1. The number of rotatable bonds is 6. The third-order valence-corrected chi connectivity index (χ3v) is 5.87. The first-order valence-electron chi connectivity index (χ1n) is 8.57. The van der Waals surface area contributed by atoms with E-state index < -0.39 is 0 Å². The lowest BCUT2D eigenvalue weighted by molar-refractivity contribution is 0.0601. The lowest BCUT2D eigenvalue weighted by Gasteiger charge is -2.00. The van der Waals surface area contributed by atoms with Crippen molar-refractivity contribution in [2.24, 2.45) is 0 Å². The number of nitrogens with zero attached hydrogens (tertiary/aromatic N) is 3. The summed E-state index contributed by atoms with van der Waals surface area (Å²) in [4.78, 5) is 20.5. The van der Waals surface area contributed by atoms with E-state index in [0.29, 0.717) is 27.9 Å². The van der Waals surface area contributed by atoms with Crippen LogP contribution in [0.4, 0.5) is 4.39 Å². The molecule has 6 nitrogen and oxygen atoms in total. The van der Waals surface area contributed by atoms with Crippen molar-refractivity contribution in [2.45, 2.75) is 10.9 Å². The molecule has 0 fully saturated rings. The van der Waals surface area contributed by atoms with E-state index in [1.54, 1.807) is 30.3 Å². The van der Waals surface area contributed by atoms with Gasteiger partial charge in [0, 0.05) is 16.7 Å². The number of nitrogens with one attached hydrogen (secondary N) is 1. The minimum absolute atomic E-state index is 0.345. The molecule has 9 heteroatoms. The molecule has 2 heterocycles. The van der Waals surface area contributed by atoms with Crippen LogP contribution in [0.25, 0.3) is 22.0 Å². The summed E-state index contributed by atoms with van der Waals surface area (Å²) in [5, 5.41) is 10.3. The summed E-state index contributed by atoms with van der Waals surface area (Å²) in [6.45, 7) is 0. The Hall–Kier alpha value is -3.04. The number of hydrogen-bond donors (Lipinski definition) is 1. The molecule has 4 rings (SSSR count). The van der Waals surface area contributed by atoms with Gasteiger partial charge in [0.25, 0.3) is 0 Å². The van der Waals surface area contributed by atoms with Crippen molar-refractivity contribution in [2.75, 3.05) is 7.11 Å². The Morgan fingerprint density at radius 1 is 1.17 bits per heavy atom. The standard InChI is InChI=1S/C20H15FN4O2S2/c1-27-19(26)13-8-6-12(7-9-13)18-22-14(10-28-18)11-29-20-23-17(24-25-20)15-4-2-3-5-16(15)21/h2-10H,11H2,1H3,(H,23,24,25). The van der Waals surface area contributed by atoms with Gasteiger partial charge in [-0.15, -0.1) is 16.4 Å². The average Bonchev–Trinajstić information content (AvgIpc) is 3.42. The summed E-state index contributed by atoms with van der Waals surface area (Å²) in [6.07, 6.45) is 0. The van der Waals surface area contributed by atoms with E-state index in [1.807, 2.05) is 17.5 Å². The number of benzene rings is 2. The Morgan fingerprint density at radius 3 is 2.72 bits per heavy atom. The first-order valence-corrected chi connectivity index (χ1v) is 10.4. The average molecular weight is 426 g/mol. The van der Waals surface area contributed by atoms with Gasteiger partial charge >= 0.3 is 5.97 Å². The molecule has 0 saturated heterocycles. The molecule has 0 aliphatic rings. The van der Waals surface area contributed by atoms with Gasteiger partial charge < -0.3 is 4.74 Å². The molecular formula is C20H15FN4O2S2. The lowest BCUT2D eigenvalue weighted by atomic mass is 10.1. The molecule has 2 aromatic heterocycles.